The van der Waals surface area contributed by atoms with E-state index in [0.29, 0.717) is 13.1 Å². The molecule has 0 aliphatic carbocycles. The van der Waals surface area contributed by atoms with Gasteiger partial charge in [-0.1, -0.05) is 41.9 Å². The molecule has 2 aromatic carbocycles. The van der Waals surface area contributed by atoms with Crippen LogP contribution in [0.15, 0.2) is 53.9 Å². The van der Waals surface area contributed by atoms with Gasteiger partial charge < -0.3 is 5.32 Å². The fourth-order valence-corrected chi connectivity index (χ4v) is 4.46. The van der Waals surface area contributed by atoms with Gasteiger partial charge in [0, 0.05) is 43.7 Å². The van der Waals surface area contributed by atoms with E-state index >= 15 is 0 Å². The molecule has 0 spiro atoms. The number of halogens is 1. The highest BCUT2D eigenvalue weighted by Gasteiger charge is 2.26. The first-order chi connectivity index (χ1) is 14.7. The van der Waals surface area contributed by atoms with Crippen LogP contribution in [0.2, 0.25) is 5.02 Å². The second-order valence-corrected chi connectivity index (χ2v) is 9.13. The summed E-state index contributed by atoms with van der Waals surface area (Å²) in [6, 6.07) is 13.0. The quantitative estimate of drug-likeness (QED) is 0.498. The molecule has 0 unspecified atom stereocenters. The van der Waals surface area contributed by atoms with E-state index < -0.39 is 14.9 Å². The molecule has 0 atom stereocenters. The van der Waals surface area contributed by atoms with E-state index in [0.717, 1.165) is 5.56 Å². The Hall–Kier alpha value is -2.79. The third-order valence-corrected chi connectivity index (χ3v) is 6.61. The molecule has 1 heterocycles. The van der Waals surface area contributed by atoms with E-state index in [1.807, 2.05) is 35.2 Å². The summed E-state index contributed by atoms with van der Waals surface area (Å²) >= 11 is 5.99. The van der Waals surface area contributed by atoms with Gasteiger partial charge in [0.05, 0.1) is 22.2 Å². The fourth-order valence-electron chi connectivity index (χ4n) is 3.07. The summed E-state index contributed by atoms with van der Waals surface area (Å²) in [7, 11) is -3.55. The van der Waals surface area contributed by atoms with Crippen molar-refractivity contribution in [3.8, 4) is 0 Å². The number of piperazine rings is 1. The fraction of sp³-hybridized carbons (Fsp3) is 0.250. The van der Waals surface area contributed by atoms with E-state index in [1.165, 1.54) is 27.9 Å². The lowest BCUT2D eigenvalue weighted by molar-refractivity contribution is -0.384. The minimum atomic E-state index is -3.55. The zero-order chi connectivity index (χ0) is 22.4. The number of anilines is 1. The van der Waals surface area contributed by atoms with Crippen molar-refractivity contribution in [1.29, 1.82) is 0 Å². The van der Waals surface area contributed by atoms with Gasteiger partial charge in [0.15, 0.2) is 0 Å². The minimum absolute atomic E-state index is 0.0566. The highest BCUT2D eigenvalue weighted by Crippen LogP contribution is 2.26. The van der Waals surface area contributed by atoms with Crippen molar-refractivity contribution in [2.24, 2.45) is 0 Å². The lowest BCUT2D eigenvalue weighted by Gasteiger charge is -2.32. The molecule has 0 radical (unpaired) electrons. The molecule has 9 nitrogen and oxygen atoms in total. The highest BCUT2D eigenvalue weighted by molar-refractivity contribution is 7.92. The molecular weight excluding hydrogens is 444 g/mol. The number of amides is 1. The van der Waals surface area contributed by atoms with Crippen molar-refractivity contribution in [2.45, 2.75) is 0 Å². The number of non-ortho nitro benzene ring substituents is 1. The zero-order valence-electron chi connectivity index (χ0n) is 16.5. The summed E-state index contributed by atoms with van der Waals surface area (Å²) in [5, 5.41) is 14.7. The molecule has 1 aliphatic rings. The van der Waals surface area contributed by atoms with E-state index in [4.69, 9.17) is 11.6 Å². The lowest BCUT2D eigenvalue weighted by atomic mass is 10.2. The molecule has 164 valence electrons. The van der Waals surface area contributed by atoms with Crippen LogP contribution >= 0.6 is 11.6 Å². The van der Waals surface area contributed by atoms with Crippen LogP contribution in [0, 0.1) is 10.1 Å². The van der Waals surface area contributed by atoms with Crippen LogP contribution in [-0.2, 0) is 14.8 Å². The average Bonchev–Trinajstić information content (AvgIpc) is 2.75. The smallest absolute Gasteiger partial charge is 0.271 e. The van der Waals surface area contributed by atoms with Crippen molar-refractivity contribution in [3.63, 3.8) is 0 Å². The maximum atomic E-state index is 12.5. The van der Waals surface area contributed by atoms with Crippen LogP contribution in [0.5, 0.6) is 0 Å². The monoisotopic (exact) mass is 464 g/mol. The summed E-state index contributed by atoms with van der Waals surface area (Å²) in [4.78, 5) is 24.3. The molecule has 1 aliphatic heterocycles. The number of sulfonamides is 1. The molecule has 11 heteroatoms. The molecule has 1 amide bonds. The standard InChI is InChI=1S/C20H21ClN4O5S/c21-18-14-17(25(27)28)6-7-19(18)22-20(26)15-23-9-11-24(12-10-23)31(29,30)13-8-16-4-2-1-3-5-16/h1-8,13-14H,9-12,15H2,(H,22,26)/b13-8+. The number of benzene rings is 2. The van der Waals surface area contributed by atoms with Crippen molar-refractivity contribution < 1.29 is 18.1 Å². The van der Waals surface area contributed by atoms with Crippen LogP contribution in [-0.4, -0.2) is 61.2 Å². The maximum absolute atomic E-state index is 12.5. The molecule has 0 aromatic heterocycles. The molecule has 1 saturated heterocycles. The number of carbonyl (C=O) groups is 1. The molecule has 0 bridgehead atoms. The highest BCUT2D eigenvalue weighted by atomic mass is 35.5. The van der Waals surface area contributed by atoms with Gasteiger partial charge in [-0.25, -0.2) is 8.42 Å². The van der Waals surface area contributed by atoms with Crippen LogP contribution in [0.4, 0.5) is 11.4 Å². The number of nitrogens with zero attached hydrogens (tertiary/aromatic N) is 3. The summed E-state index contributed by atoms with van der Waals surface area (Å²) < 4.78 is 26.4. The van der Waals surface area contributed by atoms with E-state index in [-0.39, 0.29) is 41.9 Å². The zero-order valence-corrected chi connectivity index (χ0v) is 18.1. The largest absolute Gasteiger partial charge is 0.324 e. The SMILES string of the molecule is O=C(CN1CCN(S(=O)(=O)/C=C/c2ccccc2)CC1)Nc1ccc([N+](=O)[O-])cc1Cl. The van der Waals surface area contributed by atoms with Crippen molar-refractivity contribution in [3.05, 3.63) is 74.6 Å². The van der Waals surface area contributed by atoms with Gasteiger partial charge >= 0.3 is 0 Å². The predicted octanol–water partition coefficient (Wildman–Crippen LogP) is 2.81. The van der Waals surface area contributed by atoms with Gasteiger partial charge in [0.25, 0.3) is 5.69 Å². The molecule has 1 N–H and O–H groups in total. The Morgan fingerprint density at radius 1 is 1.13 bits per heavy atom. The Balaban J connectivity index is 1.51. The topological polar surface area (TPSA) is 113 Å². The average molecular weight is 465 g/mol. The molecule has 0 saturated carbocycles. The summed E-state index contributed by atoms with van der Waals surface area (Å²) in [5.74, 6) is -0.337. The first kappa shape index (κ1) is 22.9. The number of rotatable bonds is 7. The minimum Gasteiger partial charge on any atom is -0.324 e. The molecule has 31 heavy (non-hydrogen) atoms. The Kier molecular flexibility index (Phi) is 7.39. The number of nitro benzene ring substituents is 1. The molecule has 1 fully saturated rings. The Morgan fingerprint density at radius 2 is 1.81 bits per heavy atom. The second-order valence-electron chi connectivity index (χ2n) is 6.90. The number of hydrogen-bond acceptors (Lipinski definition) is 6. The second kappa shape index (κ2) is 10.0. The summed E-state index contributed by atoms with van der Waals surface area (Å²) in [6.45, 7) is 1.40. The van der Waals surface area contributed by atoms with Crippen LogP contribution in [0.3, 0.4) is 0 Å². The lowest BCUT2D eigenvalue weighted by Crippen LogP contribution is -2.49. The number of carbonyl (C=O) groups excluding carboxylic acids is 1. The number of nitro groups is 1. The van der Waals surface area contributed by atoms with E-state index in [9.17, 15) is 23.3 Å². The maximum Gasteiger partial charge on any atom is 0.271 e. The number of nitrogens with one attached hydrogen (secondary N) is 1. The van der Waals surface area contributed by atoms with Crippen LogP contribution in [0.25, 0.3) is 6.08 Å². The van der Waals surface area contributed by atoms with Crippen molar-refractivity contribution in [1.82, 2.24) is 9.21 Å². The van der Waals surface area contributed by atoms with Gasteiger partial charge in [0.2, 0.25) is 15.9 Å². The third-order valence-electron chi connectivity index (χ3n) is 4.73. The van der Waals surface area contributed by atoms with E-state index in [2.05, 4.69) is 5.32 Å². The van der Waals surface area contributed by atoms with Crippen LogP contribution in [0.1, 0.15) is 5.56 Å². The Morgan fingerprint density at radius 3 is 2.42 bits per heavy atom. The Bertz CT molecular complexity index is 1080. The third kappa shape index (κ3) is 6.34. The summed E-state index contributed by atoms with van der Waals surface area (Å²) in [6.07, 6.45) is 1.56. The van der Waals surface area contributed by atoms with Crippen molar-refractivity contribution in [2.75, 3.05) is 38.0 Å². The molecule has 2 aromatic rings. The van der Waals surface area contributed by atoms with Gasteiger partial charge in [0.1, 0.15) is 0 Å². The van der Waals surface area contributed by atoms with E-state index in [1.54, 1.807) is 6.08 Å². The van der Waals surface area contributed by atoms with Gasteiger partial charge in [-0.2, -0.15) is 4.31 Å². The van der Waals surface area contributed by atoms with Gasteiger partial charge in [-0.05, 0) is 17.7 Å². The predicted molar refractivity (Wildman–Crippen MR) is 119 cm³/mol. The molecule has 3 rings (SSSR count). The molecular formula is C20H21ClN4O5S. The summed E-state index contributed by atoms with van der Waals surface area (Å²) in [5.41, 5.74) is 0.914. The first-order valence-electron chi connectivity index (χ1n) is 9.44. The first-order valence-corrected chi connectivity index (χ1v) is 11.3. The van der Waals surface area contributed by atoms with Gasteiger partial charge in [-0.3, -0.25) is 19.8 Å². The van der Waals surface area contributed by atoms with Gasteiger partial charge in [-0.15, -0.1) is 0 Å². The van der Waals surface area contributed by atoms with Crippen LogP contribution < -0.4 is 5.32 Å². The Labute approximate surface area is 185 Å². The number of hydrogen-bond donors (Lipinski definition) is 1. The van der Waals surface area contributed by atoms with Crippen molar-refractivity contribution >= 4 is 45.0 Å². The normalized spacial score (nSPS) is 15.8.